The van der Waals surface area contributed by atoms with Gasteiger partial charge in [0.25, 0.3) is 5.91 Å². The van der Waals surface area contributed by atoms with Crippen LogP contribution in [0, 0.1) is 5.92 Å². The number of nitrogens with one attached hydrogen (secondary N) is 1. The number of amides is 2. The van der Waals surface area contributed by atoms with Crippen LogP contribution in [0.15, 0.2) is 24.5 Å². The Labute approximate surface area is 230 Å². The molecule has 2 amide bonds. The van der Waals surface area contributed by atoms with Crippen LogP contribution in [0.5, 0.6) is 17.5 Å². The summed E-state index contributed by atoms with van der Waals surface area (Å²) in [4.78, 5) is 40.9. The van der Waals surface area contributed by atoms with Gasteiger partial charge in [-0.25, -0.2) is 15.0 Å². The van der Waals surface area contributed by atoms with Crippen molar-refractivity contribution in [1.82, 2.24) is 19.9 Å². The summed E-state index contributed by atoms with van der Waals surface area (Å²) < 4.78 is 57.4. The van der Waals surface area contributed by atoms with Gasteiger partial charge in [0.1, 0.15) is 17.7 Å². The first kappa shape index (κ1) is 26.3. The number of thiazole rings is 1. The monoisotopic (exact) mass is 575 g/mol. The zero-order valence-corrected chi connectivity index (χ0v) is 22.3. The molecule has 4 heterocycles. The van der Waals surface area contributed by atoms with Gasteiger partial charge in [-0.05, 0) is 31.0 Å². The highest BCUT2D eigenvalue weighted by atomic mass is 32.1. The fourth-order valence-corrected chi connectivity index (χ4v) is 6.28. The predicted octanol–water partition coefficient (Wildman–Crippen LogP) is 4.51. The van der Waals surface area contributed by atoms with E-state index in [2.05, 4.69) is 20.3 Å². The highest BCUT2D eigenvalue weighted by Crippen LogP contribution is 2.53. The van der Waals surface area contributed by atoms with Crippen molar-refractivity contribution in [2.75, 3.05) is 32.6 Å². The molecule has 10 nitrogen and oxygen atoms in total. The predicted molar refractivity (Wildman–Crippen MR) is 136 cm³/mol. The Morgan fingerprint density at radius 3 is 2.40 bits per heavy atom. The second-order valence-corrected chi connectivity index (χ2v) is 10.8. The maximum Gasteiger partial charge on any atom is 0.416 e. The molecular weight excluding hydrogens is 551 g/mol. The number of alkyl halides is 3. The van der Waals surface area contributed by atoms with Crippen molar-refractivity contribution in [3.8, 4) is 28.8 Å². The number of halogens is 3. The fraction of sp³-hybridized carbons (Fsp3) is 0.423. The van der Waals surface area contributed by atoms with Crippen LogP contribution in [0.25, 0.3) is 11.3 Å². The summed E-state index contributed by atoms with van der Waals surface area (Å²) in [6.45, 7) is 0.802. The minimum absolute atomic E-state index is 0.00296. The van der Waals surface area contributed by atoms with Crippen LogP contribution in [-0.4, -0.2) is 59.0 Å². The number of nitrogens with zero attached hydrogens (tertiary/aromatic N) is 4. The van der Waals surface area contributed by atoms with Crippen LogP contribution in [0.3, 0.4) is 0 Å². The molecule has 0 atom stereocenters. The third kappa shape index (κ3) is 4.49. The molecule has 1 N–H and O–H groups in total. The van der Waals surface area contributed by atoms with Crippen molar-refractivity contribution in [2.24, 2.45) is 5.92 Å². The molecule has 0 unspecified atom stereocenters. The van der Waals surface area contributed by atoms with E-state index in [1.54, 1.807) is 4.90 Å². The number of likely N-dealkylation sites (tertiary alicyclic amines) is 1. The number of rotatable bonds is 5. The van der Waals surface area contributed by atoms with Crippen LogP contribution >= 0.6 is 11.3 Å². The maximum atomic E-state index is 13.6. The standard InChI is InChI=1S/C26H24F3N5O5S/c1-37-21-17(22(38-2)31-12-30-21)20(35)33-24-32-18-15-6-5-14(26(27,28)29)11-16(15)39-25(19(18)40-24)7-9-34(10-8-25)23(36)13-3-4-13/h5-6,11-13H,3-4,7-10H2,1-2H3,(H,32,33,35). The van der Waals surface area contributed by atoms with Gasteiger partial charge in [-0.3, -0.25) is 14.9 Å². The van der Waals surface area contributed by atoms with Crippen LogP contribution in [0.2, 0.25) is 0 Å². The summed E-state index contributed by atoms with van der Waals surface area (Å²) in [5.41, 5.74) is -1.05. The van der Waals surface area contributed by atoms with Gasteiger partial charge in [0, 0.05) is 37.4 Å². The number of aromatic nitrogens is 3. The zero-order valence-electron chi connectivity index (χ0n) is 21.5. The van der Waals surface area contributed by atoms with E-state index in [1.807, 2.05) is 0 Å². The zero-order chi connectivity index (χ0) is 28.2. The first-order chi connectivity index (χ1) is 19.1. The fourth-order valence-electron chi connectivity index (χ4n) is 5.12. The number of benzene rings is 1. The van der Waals surface area contributed by atoms with E-state index in [1.165, 1.54) is 38.0 Å². The molecule has 2 aromatic heterocycles. The SMILES string of the molecule is COc1ncnc(OC)c1C(=O)Nc1nc2c(s1)C1(CCN(C(=O)C3CC3)CC1)Oc1cc(C(F)(F)F)ccc1-2. The van der Waals surface area contributed by atoms with Gasteiger partial charge in [0.15, 0.2) is 10.7 Å². The number of hydrogen-bond acceptors (Lipinski definition) is 9. The third-order valence-corrected chi connectivity index (χ3v) is 8.49. The number of hydrogen-bond donors (Lipinski definition) is 1. The molecule has 2 fully saturated rings. The summed E-state index contributed by atoms with van der Waals surface area (Å²) in [6.07, 6.45) is -0.841. The number of fused-ring (bicyclic) bond motifs is 4. The van der Waals surface area contributed by atoms with Crippen LogP contribution in [0.4, 0.5) is 18.3 Å². The lowest BCUT2D eigenvalue weighted by Gasteiger charge is -2.44. The summed E-state index contributed by atoms with van der Waals surface area (Å²) >= 11 is 1.18. The van der Waals surface area contributed by atoms with E-state index in [-0.39, 0.29) is 40.0 Å². The molecule has 1 saturated carbocycles. The Morgan fingerprint density at radius 1 is 1.12 bits per heavy atom. The topological polar surface area (TPSA) is 116 Å². The highest BCUT2D eigenvalue weighted by Gasteiger charge is 2.48. The number of carbonyl (C=O) groups excluding carboxylic acids is 2. The molecule has 6 rings (SSSR count). The molecule has 1 saturated heterocycles. The molecule has 40 heavy (non-hydrogen) atoms. The van der Waals surface area contributed by atoms with Crippen molar-refractivity contribution >= 4 is 28.3 Å². The molecule has 3 aromatic rings. The van der Waals surface area contributed by atoms with E-state index >= 15 is 0 Å². The molecule has 14 heteroatoms. The molecule has 1 aromatic carbocycles. The summed E-state index contributed by atoms with van der Waals surface area (Å²) in [5.74, 6) is -0.393. The van der Waals surface area contributed by atoms with Crippen LogP contribution in [0.1, 0.15) is 46.5 Å². The second-order valence-electron chi connectivity index (χ2n) is 9.82. The summed E-state index contributed by atoms with van der Waals surface area (Å²) in [7, 11) is 2.71. The number of ether oxygens (including phenoxy) is 3. The van der Waals surface area contributed by atoms with Gasteiger partial charge < -0.3 is 19.1 Å². The summed E-state index contributed by atoms with van der Waals surface area (Å²) in [5, 5.41) is 2.94. The van der Waals surface area contributed by atoms with E-state index < -0.39 is 23.2 Å². The summed E-state index contributed by atoms with van der Waals surface area (Å²) in [6, 6.07) is 3.30. The van der Waals surface area contributed by atoms with E-state index in [0.717, 1.165) is 25.0 Å². The first-order valence-corrected chi connectivity index (χ1v) is 13.4. The quantitative estimate of drug-likeness (QED) is 0.473. The average molecular weight is 576 g/mol. The van der Waals surface area contributed by atoms with Crippen molar-refractivity contribution in [1.29, 1.82) is 0 Å². The number of methoxy groups -OCH3 is 2. The Balaban J connectivity index is 1.37. The number of anilines is 1. The van der Waals surface area contributed by atoms with Gasteiger partial charge in [-0.2, -0.15) is 13.2 Å². The Hall–Kier alpha value is -3.94. The molecular formula is C26H24F3N5O5S. The van der Waals surface area contributed by atoms with E-state index in [9.17, 15) is 22.8 Å². The lowest BCUT2D eigenvalue weighted by atomic mass is 9.84. The van der Waals surface area contributed by atoms with Crippen molar-refractivity contribution in [2.45, 2.75) is 37.5 Å². The van der Waals surface area contributed by atoms with Crippen LogP contribution < -0.4 is 19.5 Å². The van der Waals surface area contributed by atoms with Gasteiger partial charge in [-0.15, -0.1) is 0 Å². The molecule has 0 bridgehead atoms. The second kappa shape index (κ2) is 9.61. The van der Waals surface area contributed by atoms with Crippen molar-refractivity contribution in [3.63, 3.8) is 0 Å². The van der Waals surface area contributed by atoms with E-state index in [4.69, 9.17) is 14.2 Å². The Bertz CT molecular complexity index is 1480. The lowest BCUT2D eigenvalue weighted by molar-refractivity contribution is -0.139. The van der Waals surface area contributed by atoms with E-state index in [0.29, 0.717) is 42.1 Å². The van der Waals surface area contributed by atoms with Crippen LogP contribution in [-0.2, 0) is 16.6 Å². The Kier molecular flexibility index (Phi) is 6.32. The molecule has 2 aliphatic heterocycles. The molecule has 0 radical (unpaired) electrons. The van der Waals surface area contributed by atoms with Crippen molar-refractivity contribution < 1.29 is 37.0 Å². The minimum atomic E-state index is -4.55. The van der Waals surface area contributed by atoms with Gasteiger partial charge in [0.05, 0.1) is 30.4 Å². The molecule has 3 aliphatic rings. The third-order valence-electron chi connectivity index (χ3n) is 7.33. The average Bonchev–Trinajstić information content (AvgIpc) is 3.71. The molecule has 1 aliphatic carbocycles. The smallest absolute Gasteiger partial charge is 0.416 e. The normalized spacial score (nSPS) is 17.5. The molecule has 210 valence electrons. The lowest BCUT2D eigenvalue weighted by Crippen LogP contribution is -2.49. The largest absolute Gasteiger partial charge is 0.481 e. The highest BCUT2D eigenvalue weighted by molar-refractivity contribution is 7.16. The van der Waals surface area contributed by atoms with Crippen molar-refractivity contribution in [3.05, 3.63) is 40.5 Å². The Morgan fingerprint density at radius 2 is 1.80 bits per heavy atom. The number of carbonyl (C=O) groups is 2. The van der Waals surface area contributed by atoms with Gasteiger partial charge >= 0.3 is 6.18 Å². The minimum Gasteiger partial charge on any atom is -0.481 e. The van der Waals surface area contributed by atoms with Gasteiger partial charge in [-0.1, -0.05) is 11.3 Å². The first-order valence-electron chi connectivity index (χ1n) is 12.6. The molecule has 1 spiro atoms. The maximum absolute atomic E-state index is 13.6. The van der Waals surface area contributed by atoms with Gasteiger partial charge in [0.2, 0.25) is 17.7 Å². The number of piperidine rings is 1.